The minimum atomic E-state index is -1.51. The second-order valence-corrected chi connectivity index (χ2v) is 12.5. The third-order valence-corrected chi connectivity index (χ3v) is 7.32. The SMILES string of the molecule is CC(C)=C(Br)[C@H](COC(=O)CCCC(=O)[O-])[Si](C)(C)C. The molecule has 0 aromatic rings. The predicted octanol–water partition coefficient (Wildman–Crippen LogP) is 2.85. The molecule has 4 nitrogen and oxygen atoms in total. The van der Waals surface area contributed by atoms with Gasteiger partial charge in [0, 0.05) is 17.9 Å². The Morgan fingerprint density at radius 2 is 1.75 bits per heavy atom. The van der Waals surface area contributed by atoms with E-state index < -0.39 is 14.0 Å². The molecule has 0 saturated heterocycles. The van der Waals surface area contributed by atoms with Gasteiger partial charge in [-0.15, -0.1) is 0 Å². The Hall–Kier alpha value is -0.623. The van der Waals surface area contributed by atoms with Gasteiger partial charge in [-0.1, -0.05) is 41.1 Å². The summed E-state index contributed by atoms with van der Waals surface area (Å²) in [5, 5.41) is 10.3. The maximum atomic E-state index is 11.6. The van der Waals surface area contributed by atoms with Crippen molar-refractivity contribution in [2.24, 2.45) is 0 Å². The van der Waals surface area contributed by atoms with Crippen molar-refractivity contribution in [1.82, 2.24) is 0 Å². The van der Waals surface area contributed by atoms with Gasteiger partial charge in [0.05, 0.1) is 14.7 Å². The van der Waals surface area contributed by atoms with Crippen LogP contribution in [0.5, 0.6) is 0 Å². The highest BCUT2D eigenvalue weighted by Crippen LogP contribution is 2.36. The van der Waals surface area contributed by atoms with Crippen molar-refractivity contribution in [2.45, 2.75) is 58.3 Å². The Kier molecular flexibility index (Phi) is 8.35. The molecule has 0 radical (unpaired) electrons. The molecule has 0 spiro atoms. The Morgan fingerprint density at radius 1 is 1.20 bits per heavy atom. The van der Waals surface area contributed by atoms with Crippen LogP contribution in [-0.4, -0.2) is 26.6 Å². The molecule has 0 saturated carbocycles. The van der Waals surface area contributed by atoms with E-state index in [1.807, 2.05) is 13.8 Å². The predicted molar refractivity (Wildman–Crippen MR) is 84.2 cm³/mol. The van der Waals surface area contributed by atoms with Crippen molar-refractivity contribution >= 4 is 35.9 Å². The molecule has 20 heavy (non-hydrogen) atoms. The fourth-order valence-corrected chi connectivity index (χ4v) is 5.50. The van der Waals surface area contributed by atoms with E-state index in [1.165, 1.54) is 5.57 Å². The largest absolute Gasteiger partial charge is 0.550 e. The van der Waals surface area contributed by atoms with Gasteiger partial charge in [0.25, 0.3) is 0 Å². The fraction of sp³-hybridized carbons (Fsp3) is 0.714. The van der Waals surface area contributed by atoms with Crippen LogP contribution < -0.4 is 5.11 Å². The second-order valence-electron chi connectivity index (χ2n) is 6.18. The van der Waals surface area contributed by atoms with Crippen molar-refractivity contribution in [2.75, 3.05) is 6.61 Å². The number of hydrogen-bond donors (Lipinski definition) is 0. The van der Waals surface area contributed by atoms with Gasteiger partial charge in [-0.05, 0) is 31.2 Å². The summed E-state index contributed by atoms with van der Waals surface area (Å²) in [7, 11) is -1.51. The number of carbonyl (C=O) groups excluding carboxylic acids is 2. The second kappa shape index (κ2) is 8.62. The Labute approximate surface area is 130 Å². The van der Waals surface area contributed by atoms with Crippen LogP contribution in [0.15, 0.2) is 10.1 Å². The first-order chi connectivity index (χ1) is 9.05. The van der Waals surface area contributed by atoms with E-state index in [2.05, 4.69) is 35.6 Å². The van der Waals surface area contributed by atoms with Crippen molar-refractivity contribution in [3.8, 4) is 0 Å². The smallest absolute Gasteiger partial charge is 0.305 e. The number of esters is 1. The average Bonchev–Trinajstić information content (AvgIpc) is 2.26. The van der Waals surface area contributed by atoms with Crippen LogP contribution in [-0.2, 0) is 14.3 Å². The van der Waals surface area contributed by atoms with Gasteiger partial charge in [-0.3, -0.25) is 4.79 Å². The van der Waals surface area contributed by atoms with Crippen molar-refractivity contribution in [1.29, 1.82) is 0 Å². The topological polar surface area (TPSA) is 66.4 Å². The number of carbonyl (C=O) groups is 2. The minimum Gasteiger partial charge on any atom is -0.550 e. The van der Waals surface area contributed by atoms with Crippen molar-refractivity contribution in [3.63, 3.8) is 0 Å². The molecule has 0 fully saturated rings. The number of hydrogen-bond acceptors (Lipinski definition) is 4. The summed E-state index contributed by atoms with van der Waals surface area (Å²) < 4.78 is 6.41. The maximum absolute atomic E-state index is 11.6. The van der Waals surface area contributed by atoms with E-state index in [4.69, 9.17) is 4.74 Å². The highest BCUT2D eigenvalue weighted by molar-refractivity contribution is 9.11. The van der Waals surface area contributed by atoms with Crippen LogP contribution in [0, 0.1) is 0 Å². The molecular weight excluding hydrogens is 340 g/mol. The zero-order chi connectivity index (χ0) is 15.9. The van der Waals surface area contributed by atoms with Crippen molar-refractivity contribution < 1.29 is 19.4 Å². The highest BCUT2D eigenvalue weighted by atomic mass is 79.9. The third-order valence-electron chi connectivity index (χ3n) is 3.00. The lowest BCUT2D eigenvalue weighted by Crippen LogP contribution is -2.32. The average molecular weight is 364 g/mol. The van der Waals surface area contributed by atoms with Crippen LogP contribution >= 0.6 is 15.9 Å². The first kappa shape index (κ1) is 19.4. The standard InChI is InChI=1S/C14H25BrO4Si/c1-10(2)14(15)11(20(3,4)5)9-19-13(18)8-6-7-12(16)17/h11H,6-9H2,1-5H3,(H,16,17)/p-1/t11-/m0/s1. The molecule has 0 bridgehead atoms. The van der Waals surface area contributed by atoms with Crippen LogP contribution in [0.1, 0.15) is 33.1 Å². The van der Waals surface area contributed by atoms with Gasteiger partial charge >= 0.3 is 5.97 Å². The quantitative estimate of drug-likeness (QED) is 0.491. The molecule has 0 amide bonds. The van der Waals surface area contributed by atoms with Gasteiger partial charge in [0.15, 0.2) is 0 Å². The molecule has 6 heteroatoms. The zero-order valence-electron chi connectivity index (χ0n) is 12.9. The van der Waals surface area contributed by atoms with E-state index in [9.17, 15) is 14.7 Å². The maximum Gasteiger partial charge on any atom is 0.305 e. The number of carboxylic acids is 1. The van der Waals surface area contributed by atoms with Gasteiger partial charge in [-0.25, -0.2) is 0 Å². The summed E-state index contributed by atoms with van der Waals surface area (Å²) in [6.45, 7) is 11.1. The molecule has 0 aliphatic rings. The molecule has 0 aliphatic heterocycles. The molecule has 0 aromatic heterocycles. The minimum absolute atomic E-state index is 0.107. The number of halogens is 1. The van der Waals surface area contributed by atoms with Crippen LogP contribution in [0.4, 0.5) is 0 Å². The van der Waals surface area contributed by atoms with E-state index in [0.29, 0.717) is 6.61 Å². The lowest BCUT2D eigenvalue weighted by atomic mass is 10.2. The number of rotatable bonds is 8. The van der Waals surface area contributed by atoms with Gasteiger partial charge in [0.1, 0.15) is 0 Å². The normalized spacial score (nSPS) is 12.7. The molecule has 0 N–H and O–H groups in total. The summed E-state index contributed by atoms with van der Waals surface area (Å²) in [5.41, 5.74) is 1.41. The van der Waals surface area contributed by atoms with E-state index in [0.717, 1.165) is 4.48 Å². The summed E-state index contributed by atoms with van der Waals surface area (Å²) >= 11 is 3.60. The lowest BCUT2D eigenvalue weighted by molar-refractivity contribution is -0.305. The van der Waals surface area contributed by atoms with E-state index in [1.54, 1.807) is 0 Å². The monoisotopic (exact) mass is 363 g/mol. The summed E-state index contributed by atoms with van der Waals surface area (Å²) in [5.74, 6) is -1.48. The van der Waals surface area contributed by atoms with Crippen LogP contribution in [0.25, 0.3) is 0 Å². The van der Waals surface area contributed by atoms with Gasteiger partial charge < -0.3 is 14.6 Å². The number of ether oxygens (including phenoxy) is 1. The molecule has 0 unspecified atom stereocenters. The third kappa shape index (κ3) is 7.84. The first-order valence-corrected chi connectivity index (χ1v) is 11.1. The molecular formula is C14H24BrO4Si-. The van der Waals surface area contributed by atoms with Crippen LogP contribution in [0.3, 0.4) is 0 Å². The molecule has 116 valence electrons. The highest BCUT2D eigenvalue weighted by Gasteiger charge is 2.30. The number of allylic oxidation sites excluding steroid dienone is 1. The summed E-state index contributed by atoms with van der Waals surface area (Å²) in [6.07, 6.45) is 0.283. The number of carboxylic acid groups (broad SMARTS) is 1. The van der Waals surface area contributed by atoms with E-state index in [-0.39, 0.29) is 30.8 Å². The number of aliphatic carboxylic acids is 1. The Morgan fingerprint density at radius 3 is 2.15 bits per heavy atom. The molecule has 0 heterocycles. The summed E-state index contributed by atoms with van der Waals surface area (Å²) in [6, 6.07) is 0. The molecule has 0 aliphatic carbocycles. The Balaban J connectivity index is 4.46. The van der Waals surface area contributed by atoms with Gasteiger partial charge in [-0.2, -0.15) is 0 Å². The molecule has 0 aromatic carbocycles. The van der Waals surface area contributed by atoms with Crippen molar-refractivity contribution in [3.05, 3.63) is 10.1 Å². The molecule has 0 rings (SSSR count). The first-order valence-electron chi connectivity index (χ1n) is 6.74. The van der Waals surface area contributed by atoms with Crippen LogP contribution in [0.2, 0.25) is 25.2 Å². The zero-order valence-corrected chi connectivity index (χ0v) is 15.5. The fourth-order valence-electron chi connectivity index (χ4n) is 1.68. The Bertz CT molecular complexity index is 381. The molecule has 1 atom stereocenters. The summed E-state index contributed by atoms with van der Waals surface area (Å²) in [4.78, 5) is 21.9. The van der Waals surface area contributed by atoms with Gasteiger partial charge in [0.2, 0.25) is 0 Å². The van der Waals surface area contributed by atoms with E-state index >= 15 is 0 Å². The lowest BCUT2D eigenvalue weighted by Gasteiger charge is -2.29.